The van der Waals surface area contributed by atoms with Gasteiger partial charge in [0.15, 0.2) is 0 Å². The van der Waals surface area contributed by atoms with Gasteiger partial charge < -0.3 is 9.68 Å². The molecule has 0 radical (unpaired) electrons. The molecule has 0 heterocycles. The predicted octanol–water partition coefficient (Wildman–Crippen LogP) is 4.34. The third kappa shape index (κ3) is 7.01. The van der Waals surface area contributed by atoms with Gasteiger partial charge in [-0.05, 0) is 47.6 Å². The van der Waals surface area contributed by atoms with Crippen molar-refractivity contribution in [3.05, 3.63) is 108 Å². The van der Waals surface area contributed by atoms with Crippen molar-refractivity contribution in [1.82, 2.24) is 0 Å². The molecule has 0 amide bonds. The molecule has 0 aromatic heterocycles. The maximum Gasteiger partial charge on any atom is 0.358 e. The Labute approximate surface area is 173 Å². The highest BCUT2D eigenvalue weighted by molar-refractivity contribution is 6.18. The zero-order valence-electron chi connectivity index (χ0n) is 15.9. The van der Waals surface area contributed by atoms with Crippen molar-refractivity contribution in [2.75, 3.05) is 0 Å². The Morgan fingerprint density at radius 3 is 1.33 bits per heavy atom. The molecule has 6 heteroatoms. The molecule has 2 aromatic rings. The third-order valence-electron chi connectivity index (χ3n) is 3.75. The second-order valence-electron chi connectivity index (χ2n) is 6.01. The summed E-state index contributed by atoms with van der Waals surface area (Å²) in [6.45, 7) is 0. The Hall–Kier alpha value is -4.32. The summed E-state index contributed by atoms with van der Waals surface area (Å²) < 4.78 is 0. The molecular formula is C24H18N2O4. The molecule has 0 aliphatic heterocycles. The van der Waals surface area contributed by atoms with Crippen LogP contribution in [-0.4, -0.2) is 23.4 Å². The fraction of sp³-hybridized carbons (Fsp3) is 0. The van der Waals surface area contributed by atoms with Gasteiger partial charge in [-0.1, -0.05) is 71.0 Å². The van der Waals surface area contributed by atoms with E-state index in [2.05, 4.69) is 10.3 Å². The van der Waals surface area contributed by atoms with Crippen LogP contribution in [0.4, 0.5) is 0 Å². The van der Waals surface area contributed by atoms with E-state index in [-0.39, 0.29) is 0 Å². The van der Waals surface area contributed by atoms with Crippen LogP contribution in [0.5, 0.6) is 0 Å². The van der Waals surface area contributed by atoms with Crippen LogP contribution in [0.25, 0.3) is 12.2 Å². The van der Waals surface area contributed by atoms with Gasteiger partial charge in [-0.25, -0.2) is 9.59 Å². The van der Waals surface area contributed by atoms with Gasteiger partial charge in [-0.15, -0.1) is 0 Å². The highest BCUT2D eigenvalue weighted by Gasteiger charge is 2.03. The first kappa shape index (κ1) is 20.4. The Morgan fingerprint density at radius 2 is 0.967 bits per heavy atom. The standard InChI is InChI=1S/C24H18N2O4/c27-23(17-11-19-7-3-1-4-8-19)29-25-21-13-15-22(16-14-21)26-30-24(28)18-12-20-9-5-2-6-10-20/h1-18H/b17-11+,18-12+,25-21?,26-22?. The first-order chi connectivity index (χ1) is 14.7. The number of oxime groups is 2. The highest BCUT2D eigenvalue weighted by atomic mass is 16.7. The fourth-order valence-corrected chi connectivity index (χ4v) is 2.29. The first-order valence-corrected chi connectivity index (χ1v) is 9.09. The van der Waals surface area contributed by atoms with Gasteiger partial charge in [0.25, 0.3) is 0 Å². The van der Waals surface area contributed by atoms with Crippen molar-refractivity contribution < 1.29 is 19.3 Å². The van der Waals surface area contributed by atoms with E-state index in [1.54, 1.807) is 36.5 Å². The van der Waals surface area contributed by atoms with E-state index in [0.717, 1.165) is 11.1 Å². The minimum Gasteiger partial charge on any atom is -0.313 e. The van der Waals surface area contributed by atoms with Crippen molar-refractivity contribution in [3.8, 4) is 0 Å². The van der Waals surface area contributed by atoms with Gasteiger partial charge in [0, 0.05) is 12.2 Å². The Bertz CT molecular complexity index is 959. The molecule has 0 spiro atoms. The van der Waals surface area contributed by atoms with Gasteiger partial charge in [0.05, 0.1) is 0 Å². The number of carbonyl (C=O) groups is 2. The van der Waals surface area contributed by atoms with Crippen molar-refractivity contribution in [1.29, 1.82) is 0 Å². The summed E-state index contributed by atoms with van der Waals surface area (Å²) in [5.74, 6) is -1.18. The van der Waals surface area contributed by atoms with E-state index >= 15 is 0 Å². The molecule has 3 rings (SSSR count). The minimum absolute atomic E-state index is 0.422. The maximum atomic E-state index is 11.7. The van der Waals surface area contributed by atoms with Crippen LogP contribution in [0, 0.1) is 0 Å². The smallest absolute Gasteiger partial charge is 0.313 e. The number of carbonyl (C=O) groups excluding carboxylic acids is 2. The average Bonchev–Trinajstić information content (AvgIpc) is 2.80. The summed E-state index contributed by atoms with van der Waals surface area (Å²) in [6, 6.07) is 18.8. The molecule has 0 atom stereocenters. The Balaban J connectivity index is 1.46. The molecule has 1 aliphatic carbocycles. The number of rotatable bonds is 6. The lowest BCUT2D eigenvalue weighted by Crippen LogP contribution is -2.04. The molecule has 30 heavy (non-hydrogen) atoms. The van der Waals surface area contributed by atoms with Crippen molar-refractivity contribution in [2.45, 2.75) is 0 Å². The molecule has 0 fully saturated rings. The molecule has 6 nitrogen and oxygen atoms in total. The molecule has 0 N–H and O–H groups in total. The zero-order valence-corrected chi connectivity index (χ0v) is 15.9. The second kappa shape index (κ2) is 10.9. The fourth-order valence-electron chi connectivity index (χ4n) is 2.29. The van der Waals surface area contributed by atoms with E-state index in [1.807, 2.05) is 60.7 Å². The Kier molecular flexibility index (Phi) is 7.40. The van der Waals surface area contributed by atoms with Gasteiger partial charge in [0.2, 0.25) is 0 Å². The van der Waals surface area contributed by atoms with Crippen LogP contribution in [0.3, 0.4) is 0 Å². The number of hydrogen-bond donors (Lipinski definition) is 0. The summed E-state index contributed by atoms with van der Waals surface area (Å²) in [7, 11) is 0. The van der Waals surface area contributed by atoms with Crippen LogP contribution in [0.2, 0.25) is 0 Å². The number of hydrogen-bond acceptors (Lipinski definition) is 6. The molecule has 0 saturated carbocycles. The molecular weight excluding hydrogens is 380 g/mol. The van der Waals surface area contributed by atoms with Crippen LogP contribution < -0.4 is 0 Å². The topological polar surface area (TPSA) is 77.3 Å². The van der Waals surface area contributed by atoms with E-state index in [9.17, 15) is 9.59 Å². The zero-order chi connectivity index (χ0) is 21.0. The number of benzene rings is 2. The van der Waals surface area contributed by atoms with Gasteiger partial charge in [-0.2, -0.15) is 0 Å². The van der Waals surface area contributed by atoms with Crippen LogP contribution in [0.1, 0.15) is 11.1 Å². The molecule has 148 valence electrons. The van der Waals surface area contributed by atoms with Crippen LogP contribution in [0.15, 0.2) is 107 Å². The average molecular weight is 398 g/mol. The van der Waals surface area contributed by atoms with Crippen LogP contribution in [-0.2, 0) is 19.3 Å². The lowest BCUT2D eigenvalue weighted by Gasteiger charge is -2.01. The van der Waals surface area contributed by atoms with E-state index < -0.39 is 11.9 Å². The second-order valence-corrected chi connectivity index (χ2v) is 6.01. The largest absolute Gasteiger partial charge is 0.358 e. The Morgan fingerprint density at radius 1 is 0.600 bits per heavy atom. The normalized spacial score (nSPS) is 12.9. The number of allylic oxidation sites excluding steroid dienone is 4. The third-order valence-corrected chi connectivity index (χ3v) is 3.75. The lowest BCUT2D eigenvalue weighted by atomic mass is 10.1. The van der Waals surface area contributed by atoms with E-state index in [1.165, 1.54) is 12.2 Å². The molecule has 0 unspecified atom stereocenters. The quantitative estimate of drug-likeness (QED) is 0.314. The van der Waals surface area contributed by atoms with Gasteiger partial charge >= 0.3 is 11.9 Å². The lowest BCUT2D eigenvalue weighted by molar-refractivity contribution is -0.138. The summed E-state index contributed by atoms with van der Waals surface area (Å²) in [4.78, 5) is 33.1. The SMILES string of the molecule is O=C(/C=C/c1ccccc1)ON=C1C=CC(=NOC(=O)/C=C/c2ccccc2)C=C1. The summed E-state index contributed by atoms with van der Waals surface area (Å²) >= 11 is 0. The van der Waals surface area contributed by atoms with Crippen LogP contribution >= 0.6 is 0 Å². The van der Waals surface area contributed by atoms with Crippen molar-refractivity contribution in [3.63, 3.8) is 0 Å². The first-order valence-electron chi connectivity index (χ1n) is 9.09. The van der Waals surface area contributed by atoms with E-state index in [4.69, 9.17) is 9.68 Å². The number of nitrogens with zero attached hydrogens (tertiary/aromatic N) is 2. The minimum atomic E-state index is -0.591. The van der Waals surface area contributed by atoms with Gasteiger partial charge in [-0.3, -0.25) is 0 Å². The molecule has 0 bridgehead atoms. The maximum absolute atomic E-state index is 11.7. The summed E-state index contributed by atoms with van der Waals surface area (Å²) in [5.41, 5.74) is 2.61. The predicted molar refractivity (Wildman–Crippen MR) is 116 cm³/mol. The van der Waals surface area contributed by atoms with Crippen molar-refractivity contribution >= 4 is 35.5 Å². The molecule has 2 aromatic carbocycles. The summed E-state index contributed by atoms with van der Waals surface area (Å²) in [5, 5.41) is 7.51. The monoisotopic (exact) mass is 398 g/mol. The summed E-state index contributed by atoms with van der Waals surface area (Å²) in [6.07, 6.45) is 12.2. The van der Waals surface area contributed by atoms with E-state index in [0.29, 0.717) is 11.4 Å². The molecule has 1 aliphatic rings. The molecule has 0 saturated heterocycles. The van der Waals surface area contributed by atoms with Crippen molar-refractivity contribution in [2.24, 2.45) is 10.3 Å². The highest BCUT2D eigenvalue weighted by Crippen LogP contribution is 2.04. The van der Waals surface area contributed by atoms with Gasteiger partial charge in [0.1, 0.15) is 11.4 Å².